The summed E-state index contributed by atoms with van der Waals surface area (Å²) in [5.74, 6) is -1.81. The zero-order chi connectivity index (χ0) is 22.6. The number of hydrogen-bond acceptors (Lipinski definition) is 6. The standard InChI is InChI=1S/C19H37N5O5/c1-11(2)10-15(17(27)21-5)24-18(28)14(8-6-7-9-20)23-19(29)16(12(3)25)22-13(4)26/h11-12,14-16,25H,6-10,20H2,1-5H3,(H,21,27)(H,22,26)(H,23,29)(H,24,28)/t12-,14-,15+,16+/m1/s1. The summed E-state index contributed by atoms with van der Waals surface area (Å²) in [4.78, 5) is 48.8. The number of nitrogens with one attached hydrogen (secondary N) is 4. The fourth-order valence-corrected chi connectivity index (χ4v) is 2.80. The Bertz CT molecular complexity index is 553. The van der Waals surface area contributed by atoms with Crippen molar-refractivity contribution in [3.05, 3.63) is 0 Å². The molecule has 168 valence electrons. The largest absolute Gasteiger partial charge is 0.391 e. The lowest BCUT2D eigenvalue weighted by molar-refractivity contribution is -0.135. The molecule has 0 aromatic heterocycles. The number of aliphatic hydroxyl groups is 1. The van der Waals surface area contributed by atoms with Gasteiger partial charge in [-0.25, -0.2) is 0 Å². The highest BCUT2D eigenvalue weighted by Gasteiger charge is 2.30. The molecule has 0 aromatic carbocycles. The minimum absolute atomic E-state index is 0.169. The van der Waals surface area contributed by atoms with Crippen LogP contribution in [-0.2, 0) is 19.2 Å². The van der Waals surface area contributed by atoms with E-state index in [1.165, 1.54) is 20.9 Å². The Morgan fingerprint density at radius 2 is 1.48 bits per heavy atom. The first kappa shape index (κ1) is 26.8. The van der Waals surface area contributed by atoms with Gasteiger partial charge in [-0.2, -0.15) is 0 Å². The van der Waals surface area contributed by atoms with E-state index in [2.05, 4.69) is 21.3 Å². The van der Waals surface area contributed by atoms with Gasteiger partial charge in [-0.05, 0) is 45.1 Å². The molecule has 4 atom stereocenters. The van der Waals surface area contributed by atoms with Gasteiger partial charge in [-0.1, -0.05) is 13.8 Å². The minimum atomic E-state index is -1.19. The third kappa shape index (κ3) is 10.8. The quantitative estimate of drug-likeness (QED) is 0.206. The molecule has 10 nitrogen and oxygen atoms in total. The molecule has 7 N–H and O–H groups in total. The first-order valence-corrected chi connectivity index (χ1v) is 10.0. The molecule has 0 saturated heterocycles. The van der Waals surface area contributed by atoms with Crippen LogP contribution in [0.3, 0.4) is 0 Å². The van der Waals surface area contributed by atoms with Crippen LogP contribution >= 0.6 is 0 Å². The molecule has 0 bridgehead atoms. The Morgan fingerprint density at radius 1 is 0.897 bits per heavy atom. The van der Waals surface area contributed by atoms with Crippen molar-refractivity contribution in [3.8, 4) is 0 Å². The second-order valence-corrected chi connectivity index (χ2v) is 7.57. The third-order valence-electron chi connectivity index (χ3n) is 4.29. The Labute approximate surface area is 172 Å². The van der Waals surface area contributed by atoms with Crippen LogP contribution in [0.1, 0.15) is 53.4 Å². The SMILES string of the molecule is CNC(=O)[C@H](CC(C)C)NC(=O)[C@@H](CCCCN)NC(=O)[C@@H](NC(C)=O)[C@@H](C)O. The Balaban J connectivity index is 5.35. The van der Waals surface area contributed by atoms with Gasteiger partial charge in [0, 0.05) is 14.0 Å². The van der Waals surface area contributed by atoms with E-state index in [1.54, 1.807) is 0 Å². The van der Waals surface area contributed by atoms with Gasteiger partial charge in [0.15, 0.2) is 0 Å². The highest BCUT2D eigenvalue weighted by molar-refractivity contribution is 5.94. The summed E-state index contributed by atoms with van der Waals surface area (Å²) in [5.41, 5.74) is 5.51. The number of likely N-dealkylation sites (N-methyl/N-ethyl adjacent to an activating group) is 1. The molecule has 0 saturated carbocycles. The van der Waals surface area contributed by atoms with Gasteiger partial charge in [0.25, 0.3) is 0 Å². The predicted octanol–water partition coefficient (Wildman–Crippen LogP) is -1.24. The zero-order valence-electron chi connectivity index (χ0n) is 18.1. The van der Waals surface area contributed by atoms with E-state index in [9.17, 15) is 24.3 Å². The van der Waals surface area contributed by atoms with Crippen LogP contribution in [0.4, 0.5) is 0 Å². The van der Waals surface area contributed by atoms with Crippen LogP contribution in [-0.4, -0.2) is 66.6 Å². The summed E-state index contributed by atoms with van der Waals surface area (Å²) in [6.07, 6.45) is 0.853. The average molecular weight is 416 g/mol. The molecule has 0 unspecified atom stereocenters. The van der Waals surface area contributed by atoms with Crippen molar-refractivity contribution in [2.45, 2.75) is 77.6 Å². The van der Waals surface area contributed by atoms with E-state index < -0.39 is 42.0 Å². The van der Waals surface area contributed by atoms with Crippen LogP contribution in [0.2, 0.25) is 0 Å². The maximum Gasteiger partial charge on any atom is 0.245 e. The van der Waals surface area contributed by atoms with Crippen molar-refractivity contribution in [1.29, 1.82) is 0 Å². The monoisotopic (exact) mass is 415 g/mol. The normalized spacial score (nSPS) is 15.0. The van der Waals surface area contributed by atoms with Crippen molar-refractivity contribution in [1.82, 2.24) is 21.3 Å². The summed E-state index contributed by atoms with van der Waals surface area (Å²) in [7, 11) is 1.49. The maximum absolute atomic E-state index is 12.8. The summed E-state index contributed by atoms with van der Waals surface area (Å²) in [5, 5.41) is 20.0. The molecule has 0 aromatic rings. The Kier molecular flexibility index (Phi) is 12.8. The lowest BCUT2D eigenvalue weighted by atomic mass is 10.0. The van der Waals surface area contributed by atoms with Gasteiger partial charge in [-0.3, -0.25) is 19.2 Å². The van der Waals surface area contributed by atoms with Gasteiger partial charge in [-0.15, -0.1) is 0 Å². The first-order chi connectivity index (χ1) is 13.5. The molecule has 0 spiro atoms. The number of aliphatic hydroxyl groups excluding tert-OH is 1. The highest BCUT2D eigenvalue weighted by atomic mass is 16.3. The molecule has 0 aliphatic carbocycles. The van der Waals surface area contributed by atoms with Crippen LogP contribution in [0.15, 0.2) is 0 Å². The molecule has 29 heavy (non-hydrogen) atoms. The van der Waals surface area contributed by atoms with E-state index in [0.717, 1.165) is 0 Å². The van der Waals surface area contributed by atoms with Crippen molar-refractivity contribution in [2.24, 2.45) is 11.7 Å². The number of carbonyl (C=O) groups excluding carboxylic acids is 4. The zero-order valence-corrected chi connectivity index (χ0v) is 18.1. The molecular weight excluding hydrogens is 378 g/mol. The molecule has 0 rings (SSSR count). The van der Waals surface area contributed by atoms with E-state index >= 15 is 0 Å². The molecule has 0 fully saturated rings. The fraction of sp³-hybridized carbons (Fsp3) is 0.789. The number of hydrogen-bond donors (Lipinski definition) is 6. The summed E-state index contributed by atoms with van der Waals surface area (Å²) in [6.45, 7) is 6.91. The number of carbonyl (C=O) groups is 4. The van der Waals surface area contributed by atoms with Crippen LogP contribution in [0, 0.1) is 5.92 Å². The third-order valence-corrected chi connectivity index (χ3v) is 4.29. The van der Waals surface area contributed by atoms with Gasteiger partial charge in [0.05, 0.1) is 6.10 Å². The predicted molar refractivity (Wildman–Crippen MR) is 110 cm³/mol. The van der Waals surface area contributed by atoms with Crippen molar-refractivity contribution < 1.29 is 24.3 Å². The summed E-state index contributed by atoms with van der Waals surface area (Å²) in [6, 6.07) is -2.85. The molecule has 0 radical (unpaired) electrons. The molecule has 4 amide bonds. The Hall–Kier alpha value is -2.20. The van der Waals surface area contributed by atoms with Gasteiger partial charge in [0.2, 0.25) is 23.6 Å². The Morgan fingerprint density at radius 3 is 1.93 bits per heavy atom. The average Bonchev–Trinajstić information content (AvgIpc) is 2.63. The maximum atomic E-state index is 12.8. The van der Waals surface area contributed by atoms with E-state index in [1.807, 2.05) is 13.8 Å². The number of nitrogens with two attached hydrogens (primary N) is 1. The molecule has 0 aliphatic rings. The minimum Gasteiger partial charge on any atom is -0.391 e. The second kappa shape index (κ2) is 13.9. The number of amides is 4. The molecular formula is C19H37N5O5. The molecule has 0 heterocycles. The van der Waals surface area contributed by atoms with Crippen molar-refractivity contribution in [2.75, 3.05) is 13.6 Å². The van der Waals surface area contributed by atoms with E-state index in [-0.39, 0.29) is 11.8 Å². The smallest absolute Gasteiger partial charge is 0.245 e. The van der Waals surface area contributed by atoms with Crippen LogP contribution in [0.5, 0.6) is 0 Å². The number of rotatable bonds is 13. The second-order valence-electron chi connectivity index (χ2n) is 7.57. The van der Waals surface area contributed by atoms with E-state index in [4.69, 9.17) is 5.73 Å². The lowest BCUT2D eigenvalue weighted by Gasteiger charge is -2.26. The number of unbranched alkanes of at least 4 members (excludes halogenated alkanes) is 1. The summed E-state index contributed by atoms with van der Waals surface area (Å²) >= 11 is 0. The van der Waals surface area contributed by atoms with Crippen molar-refractivity contribution in [3.63, 3.8) is 0 Å². The molecule has 10 heteroatoms. The lowest BCUT2D eigenvalue weighted by Crippen LogP contribution is -2.58. The fourth-order valence-electron chi connectivity index (χ4n) is 2.80. The topological polar surface area (TPSA) is 163 Å². The van der Waals surface area contributed by atoms with Gasteiger partial charge < -0.3 is 32.1 Å². The van der Waals surface area contributed by atoms with Gasteiger partial charge in [0.1, 0.15) is 18.1 Å². The van der Waals surface area contributed by atoms with Gasteiger partial charge >= 0.3 is 0 Å². The van der Waals surface area contributed by atoms with Crippen LogP contribution in [0.25, 0.3) is 0 Å². The van der Waals surface area contributed by atoms with Crippen molar-refractivity contribution >= 4 is 23.6 Å². The first-order valence-electron chi connectivity index (χ1n) is 10.0. The van der Waals surface area contributed by atoms with E-state index in [0.29, 0.717) is 32.2 Å². The highest BCUT2D eigenvalue weighted by Crippen LogP contribution is 2.08. The summed E-state index contributed by atoms with van der Waals surface area (Å²) < 4.78 is 0. The van der Waals surface area contributed by atoms with Crippen LogP contribution < -0.4 is 27.0 Å². The molecule has 0 aliphatic heterocycles.